The van der Waals surface area contributed by atoms with Crippen molar-refractivity contribution in [2.75, 3.05) is 0 Å². The van der Waals surface area contributed by atoms with Crippen molar-refractivity contribution in [2.24, 2.45) is 5.73 Å². The normalized spacial score (nSPS) is 12.3. The van der Waals surface area contributed by atoms with Gasteiger partial charge in [-0.05, 0) is 25.5 Å². The SMILES string of the molecule is CCC(C)Oc1c(C(=N)N)cnc2ccccc12. The fourth-order valence-corrected chi connectivity index (χ4v) is 1.72. The maximum atomic E-state index is 7.61. The van der Waals surface area contributed by atoms with Gasteiger partial charge in [0.15, 0.2) is 0 Å². The largest absolute Gasteiger partial charge is 0.489 e. The molecule has 1 aromatic heterocycles. The lowest BCUT2D eigenvalue weighted by Crippen LogP contribution is -2.17. The fraction of sp³-hybridized carbons (Fsp3) is 0.286. The Morgan fingerprint density at radius 2 is 2.17 bits per heavy atom. The molecular formula is C14H17N3O. The minimum Gasteiger partial charge on any atom is -0.489 e. The van der Waals surface area contributed by atoms with E-state index in [4.69, 9.17) is 15.9 Å². The number of benzene rings is 1. The van der Waals surface area contributed by atoms with E-state index in [1.807, 2.05) is 31.2 Å². The Hall–Kier alpha value is -2.10. The van der Waals surface area contributed by atoms with Crippen molar-refractivity contribution in [2.45, 2.75) is 26.4 Å². The van der Waals surface area contributed by atoms with Crippen molar-refractivity contribution in [3.05, 3.63) is 36.0 Å². The first-order chi connectivity index (χ1) is 8.63. The number of para-hydroxylation sites is 1. The Bertz CT molecular complexity index is 580. The van der Waals surface area contributed by atoms with Gasteiger partial charge in [0.1, 0.15) is 11.6 Å². The van der Waals surface area contributed by atoms with E-state index in [9.17, 15) is 0 Å². The van der Waals surface area contributed by atoms with Crippen LogP contribution in [0.15, 0.2) is 30.5 Å². The van der Waals surface area contributed by atoms with Crippen LogP contribution in [0.5, 0.6) is 5.75 Å². The number of hydrogen-bond acceptors (Lipinski definition) is 3. The number of nitrogens with zero attached hydrogens (tertiary/aromatic N) is 1. The molecular weight excluding hydrogens is 226 g/mol. The highest BCUT2D eigenvalue weighted by Crippen LogP contribution is 2.29. The number of nitrogens with one attached hydrogen (secondary N) is 1. The van der Waals surface area contributed by atoms with Gasteiger partial charge in [-0.15, -0.1) is 0 Å². The Balaban J connectivity index is 2.62. The molecule has 18 heavy (non-hydrogen) atoms. The van der Waals surface area contributed by atoms with Crippen LogP contribution in [0, 0.1) is 5.41 Å². The fourth-order valence-electron chi connectivity index (χ4n) is 1.72. The Labute approximate surface area is 106 Å². The number of aromatic nitrogens is 1. The second-order valence-electron chi connectivity index (χ2n) is 4.27. The first-order valence-electron chi connectivity index (χ1n) is 6.02. The number of pyridine rings is 1. The van der Waals surface area contributed by atoms with Gasteiger partial charge in [-0.2, -0.15) is 0 Å². The minimum atomic E-state index is -0.0217. The summed E-state index contributed by atoms with van der Waals surface area (Å²) in [5.74, 6) is 0.633. The Kier molecular flexibility index (Phi) is 3.46. The van der Waals surface area contributed by atoms with E-state index in [0.717, 1.165) is 17.3 Å². The molecule has 2 aromatic rings. The Morgan fingerprint density at radius 1 is 1.44 bits per heavy atom. The van der Waals surface area contributed by atoms with E-state index >= 15 is 0 Å². The monoisotopic (exact) mass is 243 g/mol. The molecule has 2 rings (SSSR count). The lowest BCUT2D eigenvalue weighted by Gasteiger charge is -2.17. The van der Waals surface area contributed by atoms with Gasteiger partial charge >= 0.3 is 0 Å². The first-order valence-corrected chi connectivity index (χ1v) is 6.02. The molecule has 0 saturated heterocycles. The quantitative estimate of drug-likeness (QED) is 0.640. The molecule has 1 unspecified atom stereocenters. The second kappa shape index (κ2) is 5.04. The highest BCUT2D eigenvalue weighted by Gasteiger charge is 2.14. The van der Waals surface area contributed by atoms with E-state index in [2.05, 4.69) is 11.9 Å². The van der Waals surface area contributed by atoms with Crippen molar-refractivity contribution in [1.82, 2.24) is 4.98 Å². The number of ether oxygens (including phenoxy) is 1. The maximum absolute atomic E-state index is 7.61. The smallest absolute Gasteiger partial charge is 0.141 e. The van der Waals surface area contributed by atoms with Crippen molar-refractivity contribution < 1.29 is 4.74 Å². The zero-order valence-corrected chi connectivity index (χ0v) is 10.6. The van der Waals surface area contributed by atoms with Gasteiger partial charge in [0.2, 0.25) is 0 Å². The molecule has 0 amide bonds. The minimum absolute atomic E-state index is 0.0217. The van der Waals surface area contributed by atoms with Crippen molar-refractivity contribution >= 4 is 16.7 Å². The van der Waals surface area contributed by atoms with Crippen LogP contribution >= 0.6 is 0 Å². The molecule has 0 aliphatic heterocycles. The topological polar surface area (TPSA) is 72.0 Å². The first kappa shape index (κ1) is 12.4. The zero-order valence-electron chi connectivity index (χ0n) is 10.6. The van der Waals surface area contributed by atoms with E-state index in [1.165, 1.54) is 0 Å². The van der Waals surface area contributed by atoms with E-state index in [0.29, 0.717) is 11.3 Å². The van der Waals surface area contributed by atoms with Gasteiger partial charge in [0.25, 0.3) is 0 Å². The average molecular weight is 243 g/mol. The lowest BCUT2D eigenvalue weighted by atomic mass is 10.1. The van der Waals surface area contributed by atoms with Crippen LogP contribution < -0.4 is 10.5 Å². The number of nitrogen functional groups attached to an aromatic ring is 1. The number of fused-ring (bicyclic) bond motifs is 1. The van der Waals surface area contributed by atoms with Crippen LogP contribution in [0.4, 0.5) is 0 Å². The molecule has 0 radical (unpaired) electrons. The number of hydrogen-bond donors (Lipinski definition) is 2. The third-order valence-electron chi connectivity index (χ3n) is 2.91. The zero-order chi connectivity index (χ0) is 13.1. The summed E-state index contributed by atoms with van der Waals surface area (Å²) in [6.45, 7) is 4.06. The van der Waals surface area contributed by atoms with Crippen molar-refractivity contribution in [3.63, 3.8) is 0 Å². The van der Waals surface area contributed by atoms with Crippen molar-refractivity contribution in [3.8, 4) is 5.75 Å². The molecule has 0 bridgehead atoms. The van der Waals surface area contributed by atoms with Crippen LogP contribution in [-0.4, -0.2) is 16.9 Å². The van der Waals surface area contributed by atoms with Gasteiger partial charge < -0.3 is 10.5 Å². The van der Waals surface area contributed by atoms with Gasteiger partial charge in [-0.3, -0.25) is 10.4 Å². The molecule has 94 valence electrons. The predicted octanol–water partition coefficient (Wildman–Crippen LogP) is 2.70. The summed E-state index contributed by atoms with van der Waals surface area (Å²) in [4.78, 5) is 4.30. The molecule has 1 atom stereocenters. The summed E-state index contributed by atoms with van der Waals surface area (Å²) < 4.78 is 5.91. The van der Waals surface area contributed by atoms with Crippen LogP contribution in [0.2, 0.25) is 0 Å². The summed E-state index contributed by atoms with van der Waals surface area (Å²) in [6, 6.07) is 7.71. The van der Waals surface area contributed by atoms with E-state index < -0.39 is 0 Å². The molecule has 0 spiro atoms. The molecule has 0 aliphatic rings. The number of rotatable bonds is 4. The summed E-state index contributed by atoms with van der Waals surface area (Å²) in [7, 11) is 0. The van der Waals surface area contributed by atoms with Gasteiger partial charge in [-0.1, -0.05) is 19.1 Å². The molecule has 0 aliphatic carbocycles. The predicted molar refractivity (Wildman–Crippen MR) is 73.1 cm³/mol. The summed E-state index contributed by atoms with van der Waals surface area (Å²) in [6.07, 6.45) is 2.57. The van der Waals surface area contributed by atoms with Gasteiger partial charge in [0.05, 0.1) is 17.2 Å². The molecule has 1 heterocycles. The lowest BCUT2D eigenvalue weighted by molar-refractivity contribution is 0.219. The highest BCUT2D eigenvalue weighted by atomic mass is 16.5. The third kappa shape index (κ3) is 2.27. The highest BCUT2D eigenvalue weighted by molar-refractivity contribution is 6.02. The number of amidine groups is 1. The second-order valence-corrected chi connectivity index (χ2v) is 4.27. The average Bonchev–Trinajstić information content (AvgIpc) is 2.38. The maximum Gasteiger partial charge on any atom is 0.141 e. The van der Waals surface area contributed by atoms with Crippen LogP contribution in [-0.2, 0) is 0 Å². The van der Waals surface area contributed by atoms with Crippen LogP contribution in [0.1, 0.15) is 25.8 Å². The molecule has 0 fully saturated rings. The summed E-state index contributed by atoms with van der Waals surface area (Å²) >= 11 is 0. The van der Waals surface area contributed by atoms with Crippen LogP contribution in [0.3, 0.4) is 0 Å². The standard InChI is InChI=1S/C14H17N3O/c1-3-9(2)18-13-10-6-4-5-7-12(10)17-8-11(13)14(15)16/h4-9H,3H2,1-2H3,(H3,15,16). The van der Waals surface area contributed by atoms with Gasteiger partial charge in [-0.25, -0.2) is 0 Å². The third-order valence-corrected chi connectivity index (χ3v) is 2.91. The summed E-state index contributed by atoms with van der Waals surface area (Å²) in [5, 5.41) is 8.50. The van der Waals surface area contributed by atoms with E-state index in [-0.39, 0.29) is 11.9 Å². The molecule has 4 heteroatoms. The Morgan fingerprint density at radius 3 is 2.83 bits per heavy atom. The van der Waals surface area contributed by atoms with E-state index in [1.54, 1.807) is 6.20 Å². The van der Waals surface area contributed by atoms with Crippen LogP contribution in [0.25, 0.3) is 10.9 Å². The molecule has 1 aromatic carbocycles. The molecule has 0 saturated carbocycles. The summed E-state index contributed by atoms with van der Waals surface area (Å²) in [5.41, 5.74) is 6.98. The molecule has 4 nitrogen and oxygen atoms in total. The van der Waals surface area contributed by atoms with Crippen molar-refractivity contribution in [1.29, 1.82) is 5.41 Å². The van der Waals surface area contributed by atoms with Gasteiger partial charge in [0, 0.05) is 11.6 Å². The number of nitrogens with two attached hydrogens (primary N) is 1. The molecule has 3 N–H and O–H groups in total.